The maximum Gasteiger partial charge on any atom is 2.00 e. The molecular formula is C4H9V+. The van der Waals surface area contributed by atoms with Gasteiger partial charge in [-0.2, -0.15) is 13.3 Å². The van der Waals surface area contributed by atoms with Crippen LogP contribution in [0.25, 0.3) is 0 Å². The van der Waals surface area contributed by atoms with Gasteiger partial charge >= 0.3 is 18.6 Å². The third-order valence-electron chi connectivity index (χ3n) is 0.408. The molecule has 0 bridgehead atoms. The zero-order chi connectivity index (χ0) is 3.41. The van der Waals surface area contributed by atoms with E-state index in [9.17, 15) is 0 Å². The molecule has 29 valence electrons. The second-order valence-corrected chi connectivity index (χ2v) is 0.816. The zero-order valence-corrected chi connectivity index (χ0v) is 5.13. The van der Waals surface area contributed by atoms with E-state index in [4.69, 9.17) is 0 Å². The SMILES string of the molecule is C[CH-]CC.[V+2]. The van der Waals surface area contributed by atoms with E-state index >= 15 is 0 Å². The second-order valence-electron chi connectivity index (χ2n) is 0.816. The van der Waals surface area contributed by atoms with Gasteiger partial charge in [-0.15, -0.1) is 0 Å². The van der Waals surface area contributed by atoms with Crippen molar-refractivity contribution >= 4 is 0 Å². The fourth-order valence-corrected chi connectivity index (χ4v) is 0. The van der Waals surface area contributed by atoms with E-state index < -0.39 is 0 Å². The van der Waals surface area contributed by atoms with Crippen LogP contribution in [-0.2, 0) is 18.6 Å². The van der Waals surface area contributed by atoms with E-state index in [1.54, 1.807) is 0 Å². The number of rotatable bonds is 1. The Kier molecular flexibility index (Phi) is 16.1. The Morgan fingerprint density at radius 1 is 1.60 bits per heavy atom. The van der Waals surface area contributed by atoms with Gasteiger partial charge in [0.15, 0.2) is 0 Å². The van der Waals surface area contributed by atoms with Crippen molar-refractivity contribution < 1.29 is 18.6 Å². The maximum absolute atomic E-state index is 2.12. The first kappa shape index (κ1) is 9.14. The monoisotopic (exact) mass is 108 g/mol. The van der Waals surface area contributed by atoms with E-state index in [1.165, 1.54) is 6.42 Å². The molecule has 0 spiro atoms. The predicted molar refractivity (Wildman–Crippen MR) is 20.3 cm³/mol. The molecule has 0 fully saturated rings. The molecule has 1 heteroatoms. The standard InChI is InChI=1S/C4H9.V/c1-3-4-2;/h3H,4H2,1-2H3;/q-1;+2. The van der Waals surface area contributed by atoms with Gasteiger partial charge in [0.25, 0.3) is 0 Å². The summed E-state index contributed by atoms with van der Waals surface area (Å²) in [5.41, 5.74) is 0. The maximum atomic E-state index is 2.12. The van der Waals surface area contributed by atoms with E-state index in [0.717, 1.165) is 0 Å². The summed E-state index contributed by atoms with van der Waals surface area (Å²) in [6.07, 6.45) is 3.32. The normalized spacial score (nSPS) is 6.00. The van der Waals surface area contributed by atoms with Gasteiger partial charge in [0.2, 0.25) is 0 Å². The van der Waals surface area contributed by atoms with Crippen molar-refractivity contribution in [3.63, 3.8) is 0 Å². The minimum atomic E-state index is 0. The molecule has 0 aromatic carbocycles. The van der Waals surface area contributed by atoms with Crippen molar-refractivity contribution in [1.29, 1.82) is 0 Å². The van der Waals surface area contributed by atoms with Gasteiger partial charge in [-0.3, -0.25) is 0 Å². The Hall–Kier alpha value is 0.584. The van der Waals surface area contributed by atoms with Crippen molar-refractivity contribution in [2.45, 2.75) is 20.3 Å². The molecule has 0 N–H and O–H groups in total. The fourth-order valence-electron chi connectivity index (χ4n) is 0. The average molecular weight is 108 g/mol. The molecule has 0 aliphatic heterocycles. The van der Waals surface area contributed by atoms with E-state index in [0.29, 0.717) is 0 Å². The third-order valence-corrected chi connectivity index (χ3v) is 0.408. The van der Waals surface area contributed by atoms with Crippen LogP contribution in [0.3, 0.4) is 0 Å². The van der Waals surface area contributed by atoms with Crippen LogP contribution in [0.1, 0.15) is 20.3 Å². The van der Waals surface area contributed by atoms with Crippen LogP contribution in [0, 0.1) is 6.42 Å². The molecule has 0 atom stereocenters. The van der Waals surface area contributed by atoms with Gasteiger partial charge in [0.1, 0.15) is 0 Å². The first-order valence-electron chi connectivity index (χ1n) is 1.69. The molecule has 0 aliphatic carbocycles. The van der Waals surface area contributed by atoms with Crippen molar-refractivity contribution in [2.75, 3.05) is 0 Å². The van der Waals surface area contributed by atoms with E-state index in [2.05, 4.69) is 20.3 Å². The topological polar surface area (TPSA) is 0 Å². The quantitative estimate of drug-likeness (QED) is 0.448. The molecule has 0 saturated carbocycles. The second kappa shape index (κ2) is 8.82. The van der Waals surface area contributed by atoms with Crippen LogP contribution in [0.4, 0.5) is 0 Å². The van der Waals surface area contributed by atoms with Crippen LogP contribution in [-0.4, -0.2) is 0 Å². The van der Waals surface area contributed by atoms with Crippen molar-refractivity contribution in [2.24, 2.45) is 0 Å². The molecule has 0 aromatic rings. The minimum Gasteiger partial charge on any atom is -0.332 e. The number of unbranched alkanes of at least 4 members (excludes halogenated alkanes) is 1. The number of hydrogen-bond acceptors (Lipinski definition) is 0. The van der Waals surface area contributed by atoms with Crippen molar-refractivity contribution in [3.8, 4) is 0 Å². The van der Waals surface area contributed by atoms with Gasteiger partial charge in [-0.05, 0) is 0 Å². The Labute approximate surface area is 45.8 Å². The average Bonchev–Trinajstić information content (AvgIpc) is 1.37. The van der Waals surface area contributed by atoms with Crippen LogP contribution in [0.5, 0.6) is 0 Å². The molecule has 1 radical (unpaired) electrons. The first-order chi connectivity index (χ1) is 1.91. The summed E-state index contributed by atoms with van der Waals surface area (Å²) in [7, 11) is 0. The molecule has 0 unspecified atom stereocenters. The smallest absolute Gasteiger partial charge is 0.332 e. The van der Waals surface area contributed by atoms with Gasteiger partial charge in [-0.1, -0.05) is 6.92 Å². The molecule has 0 heterocycles. The third kappa shape index (κ3) is 12.2. The summed E-state index contributed by atoms with van der Waals surface area (Å²) in [6.45, 7) is 4.18. The van der Waals surface area contributed by atoms with Crippen LogP contribution >= 0.6 is 0 Å². The Balaban J connectivity index is 0. The summed E-state index contributed by atoms with van der Waals surface area (Å²) in [4.78, 5) is 0. The molecule has 5 heavy (non-hydrogen) atoms. The molecule has 0 aliphatic rings. The van der Waals surface area contributed by atoms with E-state index in [-0.39, 0.29) is 18.6 Å². The first-order valence-corrected chi connectivity index (χ1v) is 1.69. The van der Waals surface area contributed by atoms with Gasteiger partial charge < -0.3 is 6.42 Å². The van der Waals surface area contributed by atoms with Crippen LogP contribution in [0.15, 0.2) is 0 Å². The molecular weight excluding hydrogens is 99.0 g/mol. The summed E-state index contributed by atoms with van der Waals surface area (Å²) >= 11 is 0. The Morgan fingerprint density at radius 3 is 1.80 bits per heavy atom. The van der Waals surface area contributed by atoms with Gasteiger partial charge in [0, 0.05) is 0 Å². The number of hydrogen-bond donors (Lipinski definition) is 0. The van der Waals surface area contributed by atoms with Crippen molar-refractivity contribution in [1.82, 2.24) is 0 Å². The van der Waals surface area contributed by atoms with Gasteiger partial charge in [-0.25, -0.2) is 0 Å². The predicted octanol–water partition coefficient (Wildman–Crippen LogP) is 1.62. The van der Waals surface area contributed by atoms with Crippen LogP contribution in [0.2, 0.25) is 0 Å². The van der Waals surface area contributed by atoms with Crippen LogP contribution < -0.4 is 0 Å². The zero-order valence-electron chi connectivity index (χ0n) is 3.73. The van der Waals surface area contributed by atoms with Crippen molar-refractivity contribution in [3.05, 3.63) is 6.42 Å². The summed E-state index contributed by atoms with van der Waals surface area (Å²) in [5.74, 6) is 0. The molecule has 0 aromatic heterocycles. The molecule has 0 nitrogen and oxygen atoms in total. The largest absolute Gasteiger partial charge is 2.00 e. The van der Waals surface area contributed by atoms with E-state index in [1.807, 2.05) is 0 Å². The molecule has 0 rings (SSSR count). The summed E-state index contributed by atoms with van der Waals surface area (Å²) in [6, 6.07) is 0. The minimum absolute atomic E-state index is 0. The Bertz CT molecular complexity index is 5.61. The summed E-state index contributed by atoms with van der Waals surface area (Å²) < 4.78 is 0. The Morgan fingerprint density at radius 2 is 1.80 bits per heavy atom. The van der Waals surface area contributed by atoms with Gasteiger partial charge in [0.05, 0.1) is 0 Å². The fraction of sp³-hybridized carbons (Fsp3) is 0.750. The molecule has 0 saturated heterocycles. The molecule has 0 amide bonds. The summed E-state index contributed by atoms with van der Waals surface area (Å²) in [5, 5.41) is 0.